The van der Waals surface area contributed by atoms with Crippen molar-refractivity contribution in [3.8, 4) is 0 Å². The van der Waals surface area contributed by atoms with Crippen molar-refractivity contribution in [2.75, 3.05) is 14.2 Å². The minimum Gasteiger partial charge on any atom is -0.485 e. The summed E-state index contributed by atoms with van der Waals surface area (Å²) in [6, 6.07) is 0. The highest BCUT2D eigenvalue weighted by Gasteiger charge is 1.89. The van der Waals surface area contributed by atoms with Crippen molar-refractivity contribution in [2.24, 2.45) is 4.99 Å². The molecule has 0 aromatic heterocycles. The summed E-state index contributed by atoms with van der Waals surface area (Å²) >= 11 is 0. The van der Waals surface area contributed by atoms with Crippen LogP contribution in [0.25, 0.3) is 0 Å². The maximum Gasteiger partial charge on any atom is 0.435 e. The van der Waals surface area contributed by atoms with Crippen LogP contribution in [0.15, 0.2) is 4.99 Å². The minimum absolute atomic E-state index is 0.718. The van der Waals surface area contributed by atoms with E-state index in [0.717, 1.165) is 5.90 Å². The number of halogens is 1. The zero-order valence-electron chi connectivity index (χ0n) is 6.41. The first-order chi connectivity index (χ1) is 4.81. The summed E-state index contributed by atoms with van der Waals surface area (Å²) in [6.45, 7) is 1.81. The van der Waals surface area contributed by atoms with E-state index < -0.39 is 10.5 Å². The highest BCUT2D eigenvalue weighted by Crippen LogP contribution is 1.74. The van der Waals surface area contributed by atoms with E-state index in [1.54, 1.807) is 21.1 Å². The van der Waals surface area contributed by atoms with E-state index in [1.807, 2.05) is 0 Å². The maximum absolute atomic E-state index is 10.2. The fourth-order valence-electron chi connectivity index (χ4n) is 0.0913. The van der Waals surface area contributed by atoms with E-state index in [-0.39, 0.29) is 0 Å². The summed E-state index contributed by atoms with van der Waals surface area (Å²) in [5.74, 6) is 0.718. The molecular formula is C4H10FNO4S. The van der Waals surface area contributed by atoms with Crippen molar-refractivity contribution in [1.82, 2.24) is 0 Å². The third-order valence-corrected chi connectivity index (χ3v) is 0.610. The Bertz CT molecular complexity index is 202. The van der Waals surface area contributed by atoms with Gasteiger partial charge in [-0.15, -0.1) is 0 Å². The molecule has 0 saturated heterocycles. The largest absolute Gasteiger partial charge is 0.485 e. The van der Waals surface area contributed by atoms with Gasteiger partial charge >= 0.3 is 10.5 Å². The Balaban J connectivity index is 0. The van der Waals surface area contributed by atoms with Crippen LogP contribution >= 0.6 is 0 Å². The molecule has 0 aliphatic carbocycles. The molecule has 0 aromatic carbocycles. The predicted octanol–water partition coefficient (Wildman–Crippen LogP) is 0.440. The number of ether oxygens (including phenoxy) is 1. The van der Waals surface area contributed by atoms with Gasteiger partial charge < -0.3 is 4.74 Å². The molecule has 0 heterocycles. The topological polar surface area (TPSA) is 76.0 Å². The van der Waals surface area contributed by atoms with E-state index in [1.165, 1.54) is 0 Å². The molecule has 0 spiro atoms. The monoisotopic (exact) mass is 187 g/mol. The molecule has 0 unspecified atom stereocenters. The summed E-state index contributed by atoms with van der Waals surface area (Å²) in [7, 11) is -1.87. The van der Waals surface area contributed by atoms with Crippen LogP contribution in [0, 0.1) is 0 Å². The highest BCUT2D eigenvalue weighted by molar-refractivity contribution is 7.80. The molecule has 0 amide bonds. The van der Waals surface area contributed by atoms with E-state index in [0.29, 0.717) is 0 Å². The first kappa shape index (κ1) is 12.9. The van der Waals surface area contributed by atoms with Crippen molar-refractivity contribution in [3.05, 3.63) is 0 Å². The molecule has 0 saturated carbocycles. The number of methoxy groups -OCH3 is 1. The molecule has 7 heteroatoms. The quantitative estimate of drug-likeness (QED) is 0.258. The van der Waals surface area contributed by atoms with Gasteiger partial charge in [0.2, 0.25) is 0 Å². The normalized spacial score (nSPS) is 11.5. The molecule has 68 valence electrons. The van der Waals surface area contributed by atoms with Crippen molar-refractivity contribution >= 4 is 16.4 Å². The zero-order valence-corrected chi connectivity index (χ0v) is 7.22. The number of hydrogen-bond acceptors (Lipinski definition) is 4. The molecule has 0 rings (SSSR count). The third-order valence-electron chi connectivity index (χ3n) is 0.610. The number of nitrogens with zero attached hydrogens (tertiary/aromatic N) is 1. The van der Waals surface area contributed by atoms with Gasteiger partial charge in [-0.05, 0) is 0 Å². The molecule has 0 fully saturated rings. The second-order valence-electron chi connectivity index (χ2n) is 1.36. The Kier molecular flexibility index (Phi) is 7.12. The lowest BCUT2D eigenvalue weighted by atomic mass is 10.8. The number of hydrogen-bond donors (Lipinski definition) is 1. The number of rotatable bonds is 0. The Morgan fingerprint density at radius 3 is 1.91 bits per heavy atom. The Morgan fingerprint density at radius 2 is 1.91 bits per heavy atom. The first-order valence-electron chi connectivity index (χ1n) is 2.45. The predicted molar refractivity (Wildman–Crippen MR) is 38.7 cm³/mol. The van der Waals surface area contributed by atoms with Crippen molar-refractivity contribution in [3.63, 3.8) is 0 Å². The Morgan fingerprint density at radius 1 is 1.64 bits per heavy atom. The molecule has 0 bridgehead atoms. The SMILES string of the molecule is CN=C(C)OC.O=S(=O)(O)F. The Hall–Kier alpha value is -0.690. The summed E-state index contributed by atoms with van der Waals surface area (Å²) < 4.78 is 38.7. The summed E-state index contributed by atoms with van der Waals surface area (Å²) in [4.78, 5) is 3.70. The second kappa shape index (κ2) is 6.05. The van der Waals surface area contributed by atoms with Crippen molar-refractivity contribution in [1.29, 1.82) is 0 Å². The molecule has 0 aliphatic heterocycles. The van der Waals surface area contributed by atoms with Gasteiger partial charge in [0.1, 0.15) is 0 Å². The molecule has 5 nitrogen and oxygen atoms in total. The molecule has 1 N–H and O–H groups in total. The highest BCUT2D eigenvalue weighted by atomic mass is 32.3. The third kappa shape index (κ3) is 45.4. The van der Waals surface area contributed by atoms with Crippen LogP contribution in [0.2, 0.25) is 0 Å². The first-order valence-corrected chi connectivity index (χ1v) is 3.79. The van der Waals surface area contributed by atoms with E-state index >= 15 is 0 Å². The van der Waals surface area contributed by atoms with E-state index in [4.69, 9.17) is 13.0 Å². The lowest BCUT2D eigenvalue weighted by Gasteiger charge is -1.90. The number of aliphatic imine (C=N–C) groups is 1. The van der Waals surface area contributed by atoms with Gasteiger partial charge in [-0.3, -0.25) is 9.55 Å². The fourth-order valence-corrected chi connectivity index (χ4v) is 0.0913. The van der Waals surface area contributed by atoms with Gasteiger partial charge in [-0.25, -0.2) is 0 Å². The van der Waals surface area contributed by atoms with Gasteiger partial charge in [0.25, 0.3) is 0 Å². The zero-order chi connectivity index (χ0) is 9.49. The average molecular weight is 187 g/mol. The summed E-state index contributed by atoms with van der Waals surface area (Å²) in [5, 5.41) is 0. The molecule has 0 aliphatic rings. The molecule has 11 heavy (non-hydrogen) atoms. The van der Waals surface area contributed by atoms with Gasteiger partial charge in [0.15, 0.2) is 5.90 Å². The molecule has 0 aromatic rings. The van der Waals surface area contributed by atoms with Crippen LogP contribution in [0.3, 0.4) is 0 Å². The minimum atomic E-state index is -5.17. The van der Waals surface area contributed by atoms with Gasteiger partial charge in [0.05, 0.1) is 7.11 Å². The van der Waals surface area contributed by atoms with Crippen LogP contribution in [-0.4, -0.2) is 33.0 Å². The standard InChI is InChI=1S/C4H9NO.FHO3S/c1-4(5-2)6-3;1-5(2,3)4/h1-3H3;(H,2,3,4). The summed E-state index contributed by atoms with van der Waals surface area (Å²) in [5.41, 5.74) is 0. The van der Waals surface area contributed by atoms with Crippen LogP contribution in [0.1, 0.15) is 6.92 Å². The molecule has 0 atom stereocenters. The van der Waals surface area contributed by atoms with Gasteiger partial charge in [-0.1, -0.05) is 3.89 Å². The lowest BCUT2D eigenvalue weighted by molar-refractivity contribution is 0.399. The van der Waals surface area contributed by atoms with Gasteiger partial charge in [0, 0.05) is 14.0 Å². The molecular weight excluding hydrogens is 177 g/mol. The van der Waals surface area contributed by atoms with Crippen molar-refractivity contribution in [2.45, 2.75) is 6.92 Å². The second-order valence-corrected chi connectivity index (χ2v) is 2.18. The smallest absolute Gasteiger partial charge is 0.435 e. The fraction of sp³-hybridized carbons (Fsp3) is 0.750. The molecule has 0 radical (unpaired) electrons. The van der Waals surface area contributed by atoms with E-state index in [9.17, 15) is 3.89 Å². The maximum atomic E-state index is 10.2. The summed E-state index contributed by atoms with van der Waals surface area (Å²) in [6.07, 6.45) is 0. The van der Waals surface area contributed by atoms with Crippen LogP contribution in [0.4, 0.5) is 3.89 Å². The van der Waals surface area contributed by atoms with E-state index in [2.05, 4.69) is 9.73 Å². The van der Waals surface area contributed by atoms with Crippen molar-refractivity contribution < 1.29 is 21.6 Å². The van der Waals surface area contributed by atoms with Crippen LogP contribution in [-0.2, 0) is 15.2 Å². The lowest BCUT2D eigenvalue weighted by Crippen LogP contribution is -1.90. The van der Waals surface area contributed by atoms with Crippen LogP contribution < -0.4 is 0 Å². The van der Waals surface area contributed by atoms with Gasteiger partial charge in [-0.2, -0.15) is 8.42 Å². The van der Waals surface area contributed by atoms with Crippen LogP contribution in [0.5, 0.6) is 0 Å². The average Bonchev–Trinajstić information content (AvgIpc) is 1.83. The Labute approximate surface area is 64.9 Å².